The minimum atomic E-state index is -0.643. The molecule has 1 amide bonds. The van der Waals surface area contributed by atoms with Crippen molar-refractivity contribution in [2.45, 2.75) is 13.1 Å². The molecule has 3 rings (SSSR count). The third-order valence-electron chi connectivity index (χ3n) is 3.55. The summed E-state index contributed by atoms with van der Waals surface area (Å²) in [6, 6.07) is 11.8. The number of nitrogens with one attached hydrogen (secondary N) is 1. The van der Waals surface area contributed by atoms with Crippen LogP contribution in [0.5, 0.6) is 0 Å². The molecule has 0 aliphatic rings. The van der Waals surface area contributed by atoms with Gasteiger partial charge in [-0.2, -0.15) is 5.10 Å². The van der Waals surface area contributed by atoms with E-state index in [1.807, 2.05) is 24.3 Å². The Morgan fingerprint density at radius 3 is 2.67 bits per heavy atom. The molecule has 0 fully saturated rings. The van der Waals surface area contributed by atoms with Gasteiger partial charge in [-0.05, 0) is 23.3 Å². The largest absolute Gasteiger partial charge is 0.348 e. The monoisotopic (exact) mass is 344 g/mol. The lowest BCUT2D eigenvalue weighted by Gasteiger charge is -2.11. The number of aromatic nitrogens is 3. The van der Waals surface area contributed by atoms with Crippen LogP contribution >= 0.6 is 11.6 Å². The number of rotatable bonds is 5. The predicted molar refractivity (Wildman–Crippen MR) is 88.1 cm³/mol. The van der Waals surface area contributed by atoms with Crippen LogP contribution in [-0.4, -0.2) is 20.7 Å². The molecule has 0 spiro atoms. The number of nitrogens with zero attached hydrogens (tertiary/aromatic N) is 3. The van der Waals surface area contributed by atoms with E-state index in [0.29, 0.717) is 6.54 Å². The topological polar surface area (TPSA) is 59.8 Å². The van der Waals surface area contributed by atoms with Gasteiger partial charge in [0.2, 0.25) is 0 Å². The van der Waals surface area contributed by atoms with Crippen LogP contribution in [0.25, 0.3) is 0 Å². The Bertz CT molecular complexity index is 831. The summed E-state index contributed by atoms with van der Waals surface area (Å²) >= 11 is 5.91. The minimum absolute atomic E-state index is 0.0865. The highest BCUT2D eigenvalue weighted by atomic mass is 35.5. The van der Waals surface area contributed by atoms with Crippen LogP contribution in [0.1, 0.15) is 21.5 Å². The number of amides is 1. The highest BCUT2D eigenvalue weighted by Crippen LogP contribution is 2.19. The van der Waals surface area contributed by atoms with Crippen LogP contribution in [0.2, 0.25) is 5.02 Å². The Kier molecular flexibility index (Phi) is 4.86. The zero-order chi connectivity index (χ0) is 16.9. The van der Waals surface area contributed by atoms with Crippen LogP contribution in [0.15, 0.2) is 55.1 Å². The van der Waals surface area contributed by atoms with Gasteiger partial charge in [0.15, 0.2) is 0 Å². The molecule has 1 N–H and O–H groups in total. The number of halogens is 2. The first-order valence-electron chi connectivity index (χ1n) is 7.26. The van der Waals surface area contributed by atoms with Crippen molar-refractivity contribution in [3.63, 3.8) is 0 Å². The van der Waals surface area contributed by atoms with E-state index in [0.717, 1.165) is 11.1 Å². The van der Waals surface area contributed by atoms with Crippen molar-refractivity contribution in [2.75, 3.05) is 0 Å². The summed E-state index contributed by atoms with van der Waals surface area (Å²) in [6.07, 6.45) is 3.08. The summed E-state index contributed by atoms with van der Waals surface area (Å²) in [5, 5.41) is 6.86. The molecule has 0 atom stereocenters. The zero-order valence-electron chi connectivity index (χ0n) is 12.6. The maximum atomic E-state index is 13.8. The van der Waals surface area contributed by atoms with Gasteiger partial charge < -0.3 is 5.32 Å². The fourth-order valence-electron chi connectivity index (χ4n) is 2.35. The SMILES string of the molecule is O=C(NCc1ccccc1Cn1cncn1)c1c(F)cccc1Cl. The van der Waals surface area contributed by atoms with Crippen molar-refractivity contribution in [3.05, 3.63) is 82.6 Å². The lowest BCUT2D eigenvalue weighted by atomic mass is 10.1. The van der Waals surface area contributed by atoms with Gasteiger partial charge in [-0.25, -0.2) is 14.1 Å². The molecule has 0 aliphatic heterocycles. The summed E-state index contributed by atoms with van der Waals surface area (Å²) in [7, 11) is 0. The Labute approximate surface area is 143 Å². The molecule has 0 aliphatic carbocycles. The summed E-state index contributed by atoms with van der Waals surface area (Å²) < 4.78 is 15.5. The summed E-state index contributed by atoms with van der Waals surface area (Å²) in [5.74, 6) is -1.19. The summed E-state index contributed by atoms with van der Waals surface area (Å²) in [5.41, 5.74) is 1.75. The average molecular weight is 345 g/mol. The molecule has 0 saturated carbocycles. The van der Waals surface area contributed by atoms with E-state index in [1.54, 1.807) is 11.0 Å². The second-order valence-corrected chi connectivity index (χ2v) is 5.55. The van der Waals surface area contributed by atoms with Crippen molar-refractivity contribution in [3.8, 4) is 0 Å². The third-order valence-corrected chi connectivity index (χ3v) is 3.86. The van der Waals surface area contributed by atoms with Crippen molar-refractivity contribution in [1.82, 2.24) is 20.1 Å². The standard InChI is InChI=1S/C17H14ClFN4O/c18-14-6-3-7-15(19)16(14)17(24)21-8-12-4-1-2-5-13(12)9-23-11-20-10-22-23/h1-7,10-11H,8-9H2,(H,21,24). The second-order valence-electron chi connectivity index (χ2n) is 5.14. The second kappa shape index (κ2) is 7.23. The van der Waals surface area contributed by atoms with Crippen molar-refractivity contribution >= 4 is 17.5 Å². The van der Waals surface area contributed by atoms with Gasteiger partial charge in [0.25, 0.3) is 5.91 Å². The average Bonchev–Trinajstić information content (AvgIpc) is 3.07. The fraction of sp³-hybridized carbons (Fsp3) is 0.118. The Morgan fingerprint density at radius 2 is 1.96 bits per heavy atom. The van der Waals surface area contributed by atoms with Crippen molar-refractivity contribution in [2.24, 2.45) is 0 Å². The Morgan fingerprint density at radius 1 is 1.17 bits per heavy atom. The lowest BCUT2D eigenvalue weighted by Crippen LogP contribution is -2.25. The first-order valence-corrected chi connectivity index (χ1v) is 7.64. The molecule has 2 aromatic carbocycles. The number of hydrogen-bond acceptors (Lipinski definition) is 3. The molecule has 5 nitrogen and oxygen atoms in total. The van der Waals surface area contributed by atoms with Crippen molar-refractivity contribution in [1.29, 1.82) is 0 Å². The molecule has 3 aromatic rings. The normalized spacial score (nSPS) is 10.6. The maximum Gasteiger partial charge on any atom is 0.256 e. The molecule has 122 valence electrons. The molecule has 0 radical (unpaired) electrons. The van der Waals surface area contributed by atoms with Crippen LogP contribution in [0.4, 0.5) is 4.39 Å². The van der Waals surface area contributed by atoms with E-state index >= 15 is 0 Å². The molecule has 1 heterocycles. The van der Waals surface area contributed by atoms with E-state index < -0.39 is 11.7 Å². The van der Waals surface area contributed by atoms with Crippen LogP contribution in [0, 0.1) is 5.82 Å². The summed E-state index contributed by atoms with van der Waals surface area (Å²) in [6.45, 7) is 0.793. The van der Waals surface area contributed by atoms with Gasteiger partial charge in [-0.1, -0.05) is 41.9 Å². The number of hydrogen-bond donors (Lipinski definition) is 1. The highest BCUT2D eigenvalue weighted by Gasteiger charge is 2.15. The molecular formula is C17H14ClFN4O. The molecule has 0 saturated heterocycles. The number of benzene rings is 2. The quantitative estimate of drug-likeness (QED) is 0.774. The number of carbonyl (C=O) groups excluding carboxylic acids is 1. The number of carbonyl (C=O) groups is 1. The molecule has 24 heavy (non-hydrogen) atoms. The fourth-order valence-corrected chi connectivity index (χ4v) is 2.60. The third kappa shape index (κ3) is 3.60. The van der Waals surface area contributed by atoms with Gasteiger partial charge in [-0.15, -0.1) is 0 Å². The summed E-state index contributed by atoms with van der Waals surface area (Å²) in [4.78, 5) is 16.1. The van der Waals surface area contributed by atoms with Gasteiger partial charge >= 0.3 is 0 Å². The van der Waals surface area contributed by atoms with Crippen LogP contribution in [0.3, 0.4) is 0 Å². The minimum Gasteiger partial charge on any atom is -0.348 e. The molecule has 7 heteroatoms. The van der Waals surface area contributed by atoms with Crippen LogP contribution < -0.4 is 5.32 Å². The van der Waals surface area contributed by atoms with E-state index in [9.17, 15) is 9.18 Å². The zero-order valence-corrected chi connectivity index (χ0v) is 13.4. The van der Waals surface area contributed by atoms with Gasteiger partial charge in [0, 0.05) is 6.54 Å². The van der Waals surface area contributed by atoms with E-state index in [2.05, 4.69) is 15.4 Å². The van der Waals surface area contributed by atoms with Gasteiger partial charge in [0.1, 0.15) is 18.5 Å². The smallest absolute Gasteiger partial charge is 0.256 e. The highest BCUT2D eigenvalue weighted by molar-refractivity contribution is 6.33. The van der Waals surface area contributed by atoms with E-state index in [-0.39, 0.29) is 17.1 Å². The van der Waals surface area contributed by atoms with Gasteiger partial charge in [-0.3, -0.25) is 4.79 Å². The molecule has 1 aromatic heterocycles. The van der Waals surface area contributed by atoms with Crippen molar-refractivity contribution < 1.29 is 9.18 Å². The Hall–Kier alpha value is -2.73. The lowest BCUT2D eigenvalue weighted by molar-refractivity contribution is 0.0947. The Balaban J connectivity index is 1.74. The van der Waals surface area contributed by atoms with E-state index in [4.69, 9.17) is 11.6 Å². The molecule has 0 bridgehead atoms. The predicted octanol–water partition coefficient (Wildman–Crippen LogP) is 3.05. The van der Waals surface area contributed by atoms with Crippen LogP contribution in [-0.2, 0) is 13.1 Å². The van der Waals surface area contributed by atoms with Gasteiger partial charge in [0.05, 0.1) is 17.1 Å². The first kappa shape index (κ1) is 16.1. The molecule has 0 unspecified atom stereocenters. The maximum absolute atomic E-state index is 13.8. The first-order chi connectivity index (χ1) is 11.6. The molecular weight excluding hydrogens is 331 g/mol. The van der Waals surface area contributed by atoms with E-state index in [1.165, 1.54) is 24.5 Å².